The molecule has 2 saturated heterocycles. The lowest BCUT2D eigenvalue weighted by molar-refractivity contribution is -0.385. The second kappa shape index (κ2) is 14.3. The summed E-state index contributed by atoms with van der Waals surface area (Å²) in [7, 11) is -0.870. The van der Waals surface area contributed by atoms with Gasteiger partial charge in [0.05, 0.1) is 38.4 Å². The Morgan fingerprint density at radius 2 is 1.69 bits per heavy atom. The van der Waals surface area contributed by atoms with Crippen LogP contribution in [0.3, 0.4) is 0 Å². The Bertz CT molecular complexity index is 1830. The van der Waals surface area contributed by atoms with E-state index in [4.69, 9.17) is 14.2 Å². The maximum atomic E-state index is 14.8. The van der Waals surface area contributed by atoms with Gasteiger partial charge >= 0.3 is 0 Å². The molecule has 0 aliphatic carbocycles. The fourth-order valence-corrected chi connectivity index (χ4v) is 12.2. The molecule has 2 amide bonds. The molecule has 6 rings (SSSR count). The molecule has 0 saturated carbocycles. The Balaban J connectivity index is 1.30. The van der Waals surface area contributed by atoms with Crippen LogP contribution in [-0.4, -0.2) is 101 Å². The fourth-order valence-electron chi connectivity index (χ4n) is 8.14. The number of amides is 2. The highest BCUT2D eigenvalue weighted by atomic mass is 28.3. The highest BCUT2D eigenvalue weighted by Crippen LogP contribution is 2.60. The SMILES string of the molecule is COc1ccc([Si](C)(C)[C@H]2[C@H](CCO)O[C@@]3(C(=O)N(Cc4ccc(NC(=O)[C@H]5O[C@@H](O)[C@H](O)[C@@H](O)[C@@H]5O)cc4)c4ccc([N+](=O)[O-])cc43)[C@@H]2C)cc1. The van der Waals surface area contributed by atoms with Gasteiger partial charge in [0, 0.05) is 35.9 Å². The second-order valence-electron chi connectivity index (χ2n) is 14.1. The van der Waals surface area contributed by atoms with Gasteiger partial charge in [0.2, 0.25) is 0 Å². The van der Waals surface area contributed by atoms with E-state index in [1.54, 1.807) is 42.3 Å². The number of carbonyl (C=O) groups is 2. The number of non-ortho nitro benzene ring substituents is 1. The van der Waals surface area contributed by atoms with Crippen molar-refractivity contribution in [3.63, 3.8) is 0 Å². The zero-order valence-electron chi connectivity index (χ0n) is 29.1. The minimum Gasteiger partial charge on any atom is -0.497 e. The van der Waals surface area contributed by atoms with Gasteiger partial charge in [0.25, 0.3) is 17.5 Å². The molecule has 0 unspecified atom stereocenters. The minimum atomic E-state index is -2.46. The summed E-state index contributed by atoms with van der Waals surface area (Å²) in [6, 6.07) is 18.6. The topological polar surface area (TPSA) is 221 Å². The summed E-state index contributed by atoms with van der Waals surface area (Å²) in [4.78, 5) is 40.7. The lowest BCUT2D eigenvalue weighted by atomic mass is 9.82. The van der Waals surface area contributed by atoms with Crippen molar-refractivity contribution in [3.8, 4) is 5.75 Å². The number of nitro groups is 1. The number of nitrogens with one attached hydrogen (secondary N) is 1. The van der Waals surface area contributed by atoms with Crippen LogP contribution in [0.4, 0.5) is 17.1 Å². The number of aliphatic hydroxyl groups excluding tert-OH is 5. The summed E-state index contributed by atoms with van der Waals surface area (Å²) in [5.41, 5.74) is -0.0996. The normalized spacial score (nSPS) is 30.0. The number of nitro benzene ring substituents is 1. The van der Waals surface area contributed by atoms with E-state index in [9.17, 15) is 45.2 Å². The molecule has 52 heavy (non-hydrogen) atoms. The first kappa shape index (κ1) is 37.5. The molecule has 3 aromatic rings. The first-order chi connectivity index (χ1) is 24.6. The van der Waals surface area contributed by atoms with Crippen LogP contribution in [-0.2, 0) is 31.2 Å². The zero-order valence-corrected chi connectivity index (χ0v) is 30.1. The molecule has 0 aromatic heterocycles. The van der Waals surface area contributed by atoms with E-state index in [0.717, 1.165) is 5.19 Å². The summed E-state index contributed by atoms with van der Waals surface area (Å²) >= 11 is 0. The summed E-state index contributed by atoms with van der Waals surface area (Å²) in [5, 5.41) is 65.5. The molecular weight excluding hydrogens is 694 g/mol. The predicted molar refractivity (Wildman–Crippen MR) is 190 cm³/mol. The van der Waals surface area contributed by atoms with Crippen LogP contribution < -0.4 is 20.1 Å². The highest BCUT2D eigenvalue weighted by Gasteiger charge is 2.66. The highest BCUT2D eigenvalue weighted by molar-refractivity contribution is 6.91. The van der Waals surface area contributed by atoms with Gasteiger partial charge in [-0.3, -0.25) is 19.7 Å². The first-order valence-corrected chi connectivity index (χ1v) is 20.0. The molecule has 6 N–H and O–H groups in total. The third-order valence-corrected chi connectivity index (χ3v) is 15.2. The van der Waals surface area contributed by atoms with E-state index < -0.39 is 67.2 Å². The van der Waals surface area contributed by atoms with Crippen molar-refractivity contribution in [3.05, 3.63) is 88.0 Å². The van der Waals surface area contributed by atoms with Crippen LogP contribution in [0.15, 0.2) is 66.7 Å². The average Bonchev–Trinajstić information content (AvgIpc) is 3.55. The Labute approximate surface area is 300 Å². The Hall–Kier alpha value is -4.26. The number of hydrogen-bond acceptors (Lipinski definition) is 12. The number of anilines is 2. The van der Waals surface area contributed by atoms with E-state index in [2.05, 4.69) is 18.4 Å². The van der Waals surface area contributed by atoms with E-state index >= 15 is 0 Å². The Kier molecular flexibility index (Phi) is 10.3. The van der Waals surface area contributed by atoms with Crippen molar-refractivity contribution in [1.29, 1.82) is 0 Å². The van der Waals surface area contributed by atoms with Gasteiger partial charge in [0.15, 0.2) is 18.0 Å². The number of benzene rings is 3. The van der Waals surface area contributed by atoms with Crippen molar-refractivity contribution in [2.24, 2.45) is 5.92 Å². The Morgan fingerprint density at radius 1 is 1.02 bits per heavy atom. The molecule has 278 valence electrons. The summed E-state index contributed by atoms with van der Waals surface area (Å²) in [6.45, 7) is 6.24. The number of nitrogens with zero attached hydrogens (tertiary/aromatic N) is 2. The molecule has 3 aromatic carbocycles. The zero-order chi connectivity index (χ0) is 37.7. The van der Waals surface area contributed by atoms with Gasteiger partial charge in [-0.25, -0.2) is 0 Å². The number of carbonyl (C=O) groups excluding carboxylic acids is 2. The summed E-state index contributed by atoms with van der Waals surface area (Å²) < 4.78 is 17.2. The van der Waals surface area contributed by atoms with Gasteiger partial charge < -0.3 is 50.0 Å². The van der Waals surface area contributed by atoms with E-state index in [-0.39, 0.29) is 42.4 Å². The maximum absolute atomic E-state index is 14.8. The number of rotatable bonds is 10. The Morgan fingerprint density at radius 3 is 2.31 bits per heavy atom. The molecule has 3 aliphatic rings. The van der Waals surface area contributed by atoms with Crippen LogP contribution in [0.2, 0.25) is 18.6 Å². The van der Waals surface area contributed by atoms with Gasteiger partial charge in [0.1, 0.15) is 24.1 Å². The van der Waals surface area contributed by atoms with Gasteiger partial charge in [-0.2, -0.15) is 0 Å². The fraction of sp³-hybridized carbons (Fsp3) is 0.444. The molecule has 0 bridgehead atoms. The number of aliphatic hydroxyl groups is 5. The summed E-state index contributed by atoms with van der Waals surface area (Å²) in [5.74, 6) is -0.957. The third kappa shape index (κ3) is 6.28. The standard InChI is InChI=1S/C36H43N3O12Si/c1-19-32(52(3,4)24-12-10-23(49-2)11-13-24)27(15-16-40)51-36(19)25-17-22(39(47)48)9-14-26(25)38(35(36)46)18-20-5-7-21(8-6-20)37-33(44)31-29(42)28(41)30(43)34(45)50-31/h5-14,17,19,27-32,34,40-43,45H,15-16,18H2,1-4H3,(H,37,44)/t19-,27+,28+,29+,30-,31+,32-,34-,36+/m1/s1. The van der Waals surface area contributed by atoms with Crippen LogP contribution in [0.5, 0.6) is 5.75 Å². The van der Waals surface area contributed by atoms with Crippen molar-refractivity contribution in [1.82, 2.24) is 0 Å². The second-order valence-corrected chi connectivity index (χ2v) is 18.8. The first-order valence-electron chi connectivity index (χ1n) is 17.0. The van der Waals surface area contributed by atoms with Crippen molar-refractivity contribution >= 4 is 42.1 Å². The van der Waals surface area contributed by atoms with Gasteiger partial charge in [-0.05, 0) is 47.9 Å². The van der Waals surface area contributed by atoms with E-state index in [0.29, 0.717) is 22.6 Å². The number of ether oxygens (including phenoxy) is 3. The molecule has 3 heterocycles. The smallest absolute Gasteiger partial charge is 0.269 e. The molecule has 3 aliphatic heterocycles. The molecule has 0 radical (unpaired) electrons. The molecule has 1 spiro atoms. The number of hydrogen-bond donors (Lipinski definition) is 6. The van der Waals surface area contributed by atoms with Crippen molar-refractivity contribution < 1.29 is 54.3 Å². The van der Waals surface area contributed by atoms with Crippen LogP contribution in [0.25, 0.3) is 0 Å². The van der Waals surface area contributed by atoms with E-state index in [1.165, 1.54) is 12.1 Å². The predicted octanol–water partition coefficient (Wildman–Crippen LogP) is 1.49. The monoisotopic (exact) mass is 737 g/mol. The van der Waals surface area contributed by atoms with Crippen LogP contribution in [0, 0.1) is 16.0 Å². The van der Waals surface area contributed by atoms with Crippen molar-refractivity contribution in [2.45, 2.75) is 80.9 Å². The molecule has 2 fully saturated rings. The molecule has 15 nitrogen and oxygen atoms in total. The van der Waals surface area contributed by atoms with Crippen molar-refractivity contribution in [2.75, 3.05) is 23.9 Å². The largest absolute Gasteiger partial charge is 0.497 e. The van der Waals surface area contributed by atoms with Gasteiger partial charge in [-0.1, -0.05) is 49.5 Å². The third-order valence-electron chi connectivity index (χ3n) is 10.9. The average molecular weight is 738 g/mol. The summed E-state index contributed by atoms with van der Waals surface area (Å²) in [6.07, 6.45) is -9.15. The quantitative estimate of drug-likeness (QED) is 0.0990. The molecule has 9 atom stereocenters. The van der Waals surface area contributed by atoms with Crippen LogP contribution in [0.1, 0.15) is 24.5 Å². The maximum Gasteiger partial charge on any atom is 0.269 e. The lowest BCUT2D eigenvalue weighted by Crippen LogP contribution is -2.60. The minimum absolute atomic E-state index is 0.0606. The number of fused-ring (bicyclic) bond motifs is 2. The number of methoxy groups -OCH3 is 1. The molecular formula is C36H43N3O12Si. The van der Waals surface area contributed by atoms with E-state index in [1.807, 2.05) is 31.2 Å². The molecule has 16 heteroatoms. The lowest BCUT2D eigenvalue weighted by Gasteiger charge is -2.37. The van der Waals surface area contributed by atoms with Gasteiger partial charge in [-0.15, -0.1) is 0 Å². The van der Waals surface area contributed by atoms with Crippen LogP contribution >= 0.6 is 0 Å².